The summed E-state index contributed by atoms with van der Waals surface area (Å²) in [5.74, 6) is 0. The van der Waals surface area contributed by atoms with E-state index in [1.54, 1.807) is 11.3 Å². The van der Waals surface area contributed by atoms with Gasteiger partial charge in [0.25, 0.3) is 0 Å². The van der Waals surface area contributed by atoms with Gasteiger partial charge in [-0.25, -0.2) is 4.98 Å². The Balaban J connectivity index is 1.49. The first-order chi connectivity index (χ1) is 9.25. The van der Waals surface area contributed by atoms with Crippen LogP contribution in [0.2, 0.25) is 0 Å². The standard InChI is InChI=1S/C14H24N2O2S/c1-11(14-10-19-12(2)16-14)15-6-4-7-17-9-13-5-3-8-18-13/h10-11,13,15H,3-9H2,1-2H3. The summed E-state index contributed by atoms with van der Waals surface area (Å²) in [7, 11) is 0. The minimum absolute atomic E-state index is 0.322. The zero-order chi connectivity index (χ0) is 13.5. The lowest BCUT2D eigenvalue weighted by Crippen LogP contribution is -2.22. The summed E-state index contributed by atoms with van der Waals surface area (Å²) >= 11 is 1.70. The maximum absolute atomic E-state index is 5.63. The maximum atomic E-state index is 5.63. The molecule has 0 bridgehead atoms. The first-order valence-electron chi connectivity index (χ1n) is 7.10. The smallest absolute Gasteiger partial charge is 0.0898 e. The molecule has 1 aliphatic rings. The van der Waals surface area contributed by atoms with E-state index in [2.05, 4.69) is 22.6 Å². The molecular weight excluding hydrogens is 260 g/mol. The van der Waals surface area contributed by atoms with Crippen molar-refractivity contribution in [3.05, 3.63) is 16.1 Å². The maximum Gasteiger partial charge on any atom is 0.0898 e. The van der Waals surface area contributed by atoms with Crippen molar-refractivity contribution in [2.24, 2.45) is 0 Å². The van der Waals surface area contributed by atoms with Crippen LogP contribution in [-0.4, -0.2) is 37.5 Å². The third-order valence-electron chi connectivity index (χ3n) is 3.32. The lowest BCUT2D eigenvalue weighted by molar-refractivity contribution is 0.0165. The molecule has 1 saturated heterocycles. The summed E-state index contributed by atoms with van der Waals surface area (Å²) in [5.41, 5.74) is 1.14. The number of hydrogen-bond donors (Lipinski definition) is 1. The van der Waals surface area contributed by atoms with Crippen molar-refractivity contribution < 1.29 is 9.47 Å². The highest BCUT2D eigenvalue weighted by Gasteiger charge is 2.15. The summed E-state index contributed by atoms with van der Waals surface area (Å²) in [6, 6.07) is 0.322. The molecule has 2 atom stereocenters. The Morgan fingerprint density at radius 2 is 2.53 bits per heavy atom. The van der Waals surface area contributed by atoms with Crippen molar-refractivity contribution in [1.29, 1.82) is 0 Å². The molecule has 0 radical (unpaired) electrons. The Bertz CT molecular complexity index is 364. The van der Waals surface area contributed by atoms with Gasteiger partial charge in [-0.15, -0.1) is 11.3 Å². The van der Waals surface area contributed by atoms with E-state index >= 15 is 0 Å². The highest BCUT2D eigenvalue weighted by atomic mass is 32.1. The van der Waals surface area contributed by atoms with Gasteiger partial charge in [0.15, 0.2) is 0 Å². The molecule has 1 aromatic rings. The monoisotopic (exact) mass is 284 g/mol. The Labute approximate surface area is 119 Å². The largest absolute Gasteiger partial charge is 0.379 e. The number of aromatic nitrogens is 1. The molecular formula is C14H24N2O2S. The Morgan fingerprint density at radius 1 is 1.63 bits per heavy atom. The molecule has 0 aromatic carbocycles. The second kappa shape index (κ2) is 7.94. The highest BCUT2D eigenvalue weighted by molar-refractivity contribution is 7.09. The molecule has 2 rings (SSSR count). The van der Waals surface area contributed by atoms with Gasteiger partial charge in [-0.2, -0.15) is 0 Å². The van der Waals surface area contributed by atoms with E-state index in [-0.39, 0.29) is 0 Å². The molecule has 0 aliphatic carbocycles. The average Bonchev–Trinajstić information content (AvgIpc) is 3.04. The van der Waals surface area contributed by atoms with E-state index in [4.69, 9.17) is 9.47 Å². The normalized spacial score (nSPS) is 20.8. The van der Waals surface area contributed by atoms with E-state index in [9.17, 15) is 0 Å². The van der Waals surface area contributed by atoms with Crippen LogP contribution in [0.4, 0.5) is 0 Å². The number of nitrogens with zero attached hydrogens (tertiary/aromatic N) is 1. The van der Waals surface area contributed by atoms with Crippen molar-refractivity contribution in [3.8, 4) is 0 Å². The fraction of sp³-hybridized carbons (Fsp3) is 0.786. The fourth-order valence-corrected chi connectivity index (χ4v) is 2.87. The summed E-state index contributed by atoms with van der Waals surface area (Å²) < 4.78 is 11.1. The van der Waals surface area contributed by atoms with Crippen LogP contribution in [0.3, 0.4) is 0 Å². The van der Waals surface area contributed by atoms with Crippen molar-refractivity contribution in [2.75, 3.05) is 26.4 Å². The minimum atomic E-state index is 0.322. The summed E-state index contributed by atoms with van der Waals surface area (Å²) in [6.07, 6.45) is 3.70. The van der Waals surface area contributed by atoms with Crippen LogP contribution in [0.1, 0.15) is 42.9 Å². The average molecular weight is 284 g/mol. The SMILES string of the molecule is Cc1nc(C(C)NCCCOCC2CCCO2)cs1. The molecule has 1 aromatic heterocycles. The molecule has 108 valence electrons. The van der Waals surface area contributed by atoms with Crippen LogP contribution in [-0.2, 0) is 9.47 Å². The molecule has 19 heavy (non-hydrogen) atoms. The van der Waals surface area contributed by atoms with E-state index in [1.807, 2.05) is 6.92 Å². The van der Waals surface area contributed by atoms with E-state index in [0.29, 0.717) is 12.1 Å². The van der Waals surface area contributed by atoms with E-state index in [1.165, 1.54) is 6.42 Å². The van der Waals surface area contributed by atoms with Crippen LogP contribution >= 0.6 is 11.3 Å². The molecule has 2 unspecified atom stereocenters. The zero-order valence-corrected chi connectivity index (χ0v) is 12.7. The lowest BCUT2D eigenvalue weighted by Gasteiger charge is -2.12. The van der Waals surface area contributed by atoms with Gasteiger partial charge in [-0.3, -0.25) is 0 Å². The summed E-state index contributed by atoms with van der Waals surface area (Å²) in [6.45, 7) is 7.61. The van der Waals surface area contributed by atoms with E-state index in [0.717, 1.165) is 49.9 Å². The first-order valence-corrected chi connectivity index (χ1v) is 7.98. The van der Waals surface area contributed by atoms with Crippen LogP contribution in [0, 0.1) is 6.92 Å². The number of rotatable bonds is 8. The van der Waals surface area contributed by atoms with Gasteiger partial charge in [-0.1, -0.05) is 0 Å². The molecule has 5 heteroatoms. The molecule has 0 saturated carbocycles. The lowest BCUT2D eigenvalue weighted by atomic mass is 10.2. The number of nitrogens with one attached hydrogen (secondary N) is 1. The predicted octanol–water partition coefficient (Wildman–Crippen LogP) is 2.69. The van der Waals surface area contributed by atoms with Crippen LogP contribution in [0.15, 0.2) is 5.38 Å². The molecule has 4 nitrogen and oxygen atoms in total. The van der Waals surface area contributed by atoms with Gasteiger partial charge in [0, 0.05) is 24.6 Å². The predicted molar refractivity (Wildman–Crippen MR) is 77.7 cm³/mol. The fourth-order valence-electron chi connectivity index (χ4n) is 2.17. The first kappa shape index (κ1) is 14.9. The minimum Gasteiger partial charge on any atom is -0.379 e. The zero-order valence-electron chi connectivity index (χ0n) is 11.9. The van der Waals surface area contributed by atoms with Gasteiger partial charge in [0.2, 0.25) is 0 Å². The second-order valence-corrected chi connectivity index (χ2v) is 6.09. The van der Waals surface area contributed by atoms with Gasteiger partial charge in [0.1, 0.15) is 0 Å². The number of hydrogen-bond acceptors (Lipinski definition) is 5. The molecule has 2 heterocycles. The Hall–Kier alpha value is -0.490. The van der Waals surface area contributed by atoms with Crippen LogP contribution in [0.25, 0.3) is 0 Å². The molecule has 0 amide bonds. The quantitative estimate of drug-likeness (QED) is 0.745. The molecule has 1 fully saturated rings. The van der Waals surface area contributed by atoms with Crippen molar-refractivity contribution in [3.63, 3.8) is 0 Å². The Morgan fingerprint density at radius 3 is 3.21 bits per heavy atom. The Kier molecular flexibility index (Phi) is 6.23. The molecule has 1 aliphatic heterocycles. The topological polar surface area (TPSA) is 43.4 Å². The van der Waals surface area contributed by atoms with Gasteiger partial charge >= 0.3 is 0 Å². The van der Waals surface area contributed by atoms with Gasteiger partial charge < -0.3 is 14.8 Å². The van der Waals surface area contributed by atoms with Crippen molar-refractivity contribution >= 4 is 11.3 Å². The second-order valence-electron chi connectivity index (χ2n) is 5.03. The van der Waals surface area contributed by atoms with E-state index < -0.39 is 0 Å². The number of aryl methyl sites for hydroxylation is 1. The van der Waals surface area contributed by atoms with Gasteiger partial charge in [-0.05, 0) is 39.7 Å². The molecule has 0 spiro atoms. The third kappa shape index (κ3) is 5.18. The van der Waals surface area contributed by atoms with Crippen molar-refractivity contribution in [1.82, 2.24) is 10.3 Å². The highest BCUT2D eigenvalue weighted by Crippen LogP contribution is 2.15. The summed E-state index contributed by atoms with van der Waals surface area (Å²) in [5, 5.41) is 6.73. The van der Waals surface area contributed by atoms with Crippen LogP contribution < -0.4 is 5.32 Å². The number of thiazole rings is 1. The number of ether oxygens (including phenoxy) is 2. The molecule has 1 N–H and O–H groups in total. The van der Waals surface area contributed by atoms with Crippen molar-refractivity contribution in [2.45, 2.75) is 45.3 Å². The summed E-state index contributed by atoms with van der Waals surface area (Å²) in [4.78, 5) is 4.49. The third-order valence-corrected chi connectivity index (χ3v) is 4.12. The van der Waals surface area contributed by atoms with Crippen LogP contribution in [0.5, 0.6) is 0 Å². The van der Waals surface area contributed by atoms with Gasteiger partial charge in [0.05, 0.1) is 23.4 Å².